The topological polar surface area (TPSA) is 173 Å². The minimum Gasteiger partial charge on any atom is -0.459 e. The van der Waals surface area contributed by atoms with E-state index < -0.39 is 36.8 Å². The second-order valence-corrected chi connectivity index (χ2v) is 12.9. The Bertz CT molecular complexity index is 1650. The third-order valence-electron chi connectivity index (χ3n) is 8.42. The first-order valence-electron chi connectivity index (χ1n) is 15.7. The third kappa shape index (κ3) is 5.64. The van der Waals surface area contributed by atoms with Gasteiger partial charge in [0.15, 0.2) is 0 Å². The average Bonchev–Trinajstić information content (AvgIpc) is 3.67. The van der Waals surface area contributed by atoms with Crippen molar-refractivity contribution in [1.82, 2.24) is 30.0 Å². The Labute approximate surface area is 257 Å². The zero-order chi connectivity index (χ0) is 33.0. The second kappa shape index (κ2) is 11.2. The largest absolute Gasteiger partial charge is 0.459 e. The molecule has 2 saturated heterocycles. The van der Waals surface area contributed by atoms with Crippen LogP contribution in [-0.2, 0) is 16.6 Å². The standard InChI is InChI=1S/C28H36FN9O4S/c1-15(18-10-16(29)12-37(18)4)41-26-34-22(33-25(35-26)38-8-9-40-14-27(2,39)13-38)23-32-24(42-36-23)28(3)7-5-6-19-20(28)17(11-30)21(31)43-19/h15-16,18,39H,5-10,12-14,31H2,1-4H3/t15-,16+,18-,27-,28-/m0/s1/i2D3. The highest BCUT2D eigenvalue weighted by molar-refractivity contribution is 7.16. The summed E-state index contributed by atoms with van der Waals surface area (Å²) in [5, 5.41) is 25.6. The molecule has 0 amide bonds. The SMILES string of the molecule is [2H]C([2H])([2H])[C@@]1(O)COCCN(c2nc(O[C@@H](C)[C@@H]3C[C@@H](F)CN3C)nc(-c3noc([C@@]4(C)CCCc5sc(N)c(C#N)c54)n3)n2)C1. The molecule has 3 aromatic rings. The number of likely N-dealkylation sites (N-methyl/N-ethyl adjacent to an activating group) is 1. The number of anilines is 2. The van der Waals surface area contributed by atoms with Gasteiger partial charge < -0.3 is 29.7 Å². The first-order valence-corrected chi connectivity index (χ1v) is 15.0. The molecule has 5 heterocycles. The van der Waals surface area contributed by atoms with Crippen molar-refractivity contribution in [2.24, 2.45) is 0 Å². The van der Waals surface area contributed by atoms with Crippen molar-refractivity contribution in [2.45, 2.75) is 75.7 Å². The molecule has 43 heavy (non-hydrogen) atoms. The van der Waals surface area contributed by atoms with E-state index >= 15 is 0 Å². The molecule has 15 heteroatoms. The summed E-state index contributed by atoms with van der Waals surface area (Å²) in [5.41, 5.74) is 4.41. The lowest BCUT2D eigenvalue weighted by molar-refractivity contribution is -0.0123. The summed E-state index contributed by atoms with van der Waals surface area (Å²) < 4.78 is 55.3. The molecule has 0 saturated carbocycles. The highest BCUT2D eigenvalue weighted by Crippen LogP contribution is 2.48. The van der Waals surface area contributed by atoms with Crippen LogP contribution in [0.15, 0.2) is 4.52 Å². The maximum atomic E-state index is 14.2. The summed E-state index contributed by atoms with van der Waals surface area (Å²) in [4.78, 5) is 22.6. The van der Waals surface area contributed by atoms with E-state index in [0.29, 0.717) is 17.0 Å². The minimum absolute atomic E-state index is 0.0124. The van der Waals surface area contributed by atoms with E-state index in [2.05, 4.69) is 31.2 Å². The number of hydrogen-bond donors (Lipinski definition) is 2. The lowest BCUT2D eigenvalue weighted by Crippen LogP contribution is -2.42. The number of β-amino-alcohol motifs (C(OH)–C–C–N with tert-alkyl or cyclic N) is 1. The molecule has 3 aliphatic rings. The number of aryl methyl sites for hydroxylation is 1. The Morgan fingerprint density at radius 1 is 1.33 bits per heavy atom. The summed E-state index contributed by atoms with van der Waals surface area (Å²) in [6.07, 6.45) is 1.04. The van der Waals surface area contributed by atoms with Gasteiger partial charge in [-0.2, -0.15) is 25.2 Å². The van der Waals surface area contributed by atoms with E-state index in [-0.39, 0.29) is 68.2 Å². The number of ether oxygens (including phenoxy) is 2. The van der Waals surface area contributed by atoms with E-state index in [4.69, 9.17) is 23.8 Å². The Morgan fingerprint density at radius 3 is 2.91 bits per heavy atom. The zero-order valence-electron chi connectivity index (χ0n) is 27.2. The Balaban J connectivity index is 1.39. The molecule has 3 aromatic heterocycles. The molecular formula is C28H36FN9O4S. The molecule has 0 spiro atoms. The van der Waals surface area contributed by atoms with Gasteiger partial charge in [-0.1, -0.05) is 5.16 Å². The van der Waals surface area contributed by atoms with Gasteiger partial charge >= 0.3 is 6.01 Å². The van der Waals surface area contributed by atoms with Crippen LogP contribution in [0.1, 0.15) is 66.0 Å². The fourth-order valence-corrected chi connectivity index (χ4v) is 7.46. The van der Waals surface area contributed by atoms with Crippen LogP contribution in [0, 0.1) is 11.3 Å². The normalized spacial score (nSPS) is 30.0. The molecule has 6 rings (SSSR count). The first kappa shape index (κ1) is 26.0. The number of likely N-dealkylation sites (tertiary alicyclic amines) is 1. The number of nitrogens with two attached hydrogens (primary N) is 1. The molecule has 0 bridgehead atoms. The van der Waals surface area contributed by atoms with Gasteiger partial charge in [-0.3, -0.25) is 4.90 Å². The Hall–Kier alpha value is -3.45. The van der Waals surface area contributed by atoms with Gasteiger partial charge in [0.1, 0.15) is 28.9 Å². The molecule has 0 aromatic carbocycles. The van der Waals surface area contributed by atoms with E-state index in [9.17, 15) is 14.8 Å². The predicted molar refractivity (Wildman–Crippen MR) is 156 cm³/mol. The second-order valence-electron chi connectivity index (χ2n) is 11.8. The number of thiophene rings is 1. The van der Waals surface area contributed by atoms with Gasteiger partial charge in [0.05, 0.1) is 30.7 Å². The van der Waals surface area contributed by atoms with Crippen molar-refractivity contribution in [3.63, 3.8) is 0 Å². The fraction of sp³-hybridized carbons (Fsp3) is 0.643. The van der Waals surface area contributed by atoms with Crippen LogP contribution in [0.25, 0.3) is 11.6 Å². The fourth-order valence-electron chi connectivity index (χ4n) is 6.27. The quantitative estimate of drug-likeness (QED) is 0.414. The molecule has 0 radical (unpaired) electrons. The van der Waals surface area contributed by atoms with Crippen molar-refractivity contribution in [3.05, 3.63) is 21.9 Å². The van der Waals surface area contributed by atoms with Gasteiger partial charge in [-0.25, -0.2) is 4.39 Å². The van der Waals surface area contributed by atoms with E-state index in [1.165, 1.54) is 16.2 Å². The number of halogens is 1. The highest BCUT2D eigenvalue weighted by atomic mass is 32.1. The molecule has 3 N–H and O–H groups in total. The van der Waals surface area contributed by atoms with E-state index in [1.807, 2.05) is 18.9 Å². The minimum atomic E-state index is -2.75. The van der Waals surface area contributed by atoms with Gasteiger partial charge in [0, 0.05) is 33.7 Å². The number of aliphatic hydroxyl groups is 1. The van der Waals surface area contributed by atoms with Crippen molar-refractivity contribution < 1.29 is 27.6 Å². The van der Waals surface area contributed by atoms with Crippen LogP contribution in [0.3, 0.4) is 0 Å². The molecule has 13 nitrogen and oxygen atoms in total. The van der Waals surface area contributed by atoms with Crippen LogP contribution < -0.4 is 15.4 Å². The number of nitrogens with zero attached hydrogens (tertiary/aromatic N) is 8. The number of hydrogen-bond acceptors (Lipinski definition) is 14. The highest BCUT2D eigenvalue weighted by Gasteiger charge is 2.43. The summed E-state index contributed by atoms with van der Waals surface area (Å²) in [6, 6.07) is 1.88. The van der Waals surface area contributed by atoms with Gasteiger partial charge in [0.2, 0.25) is 23.5 Å². The van der Waals surface area contributed by atoms with Crippen LogP contribution in [0.2, 0.25) is 0 Å². The zero-order valence-corrected chi connectivity index (χ0v) is 25.0. The Kier molecular flexibility index (Phi) is 6.79. The smallest absolute Gasteiger partial charge is 0.322 e. The number of nitriles is 1. The van der Waals surface area contributed by atoms with Crippen molar-refractivity contribution in [1.29, 1.82) is 5.26 Å². The van der Waals surface area contributed by atoms with Crippen LogP contribution in [-0.4, -0.2) is 98.9 Å². The molecule has 2 aliphatic heterocycles. The number of alkyl halides is 1. The number of aromatic nitrogens is 5. The Morgan fingerprint density at radius 2 is 2.16 bits per heavy atom. The van der Waals surface area contributed by atoms with Crippen molar-refractivity contribution in [2.75, 3.05) is 50.5 Å². The molecule has 2 fully saturated rings. The summed E-state index contributed by atoms with van der Waals surface area (Å²) in [5.74, 6) is 0.276. The average molecular weight is 617 g/mol. The number of rotatable bonds is 6. The molecule has 1 aliphatic carbocycles. The lowest BCUT2D eigenvalue weighted by atomic mass is 9.72. The maximum Gasteiger partial charge on any atom is 0.322 e. The monoisotopic (exact) mass is 616 g/mol. The molecule has 230 valence electrons. The summed E-state index contributed by atoms with van der Waals surface area (Å²) in [6.45, 7) is 0.781. The molecule has 5 atom stereocenters. The maximum absolute atomic E-state index is 14.2. The third-order valence-corrected chi connectivity index (χ3v) is 9.50. The van der Waals surface area contributed by atoms with Gasteiger partial charge in [-0.05, 0) is 53.4 Å². The predicted octanol–water partition coefficient (Wildman–Crippen LogP) is 2.48. The van der Waals surface area contributed by atoms with Crippen LogP contribution in [0.4, 0.5) is 15.3 Å². The van der Waals surface area contributed by atoms with Gasteiger partial charge in [-0.15, -0.1) is 11.3 Å². The first-order chi connectivity index (χ1) is 21.7. The van der Waals surface area contributed by atoms with E-state index in [1.54, 1.807) is 6.92 Å². The summed E-state index contributed by atoms with van der Waals surface area (Å²) in [7, 11) is 1.82. The lowest BCUT2D eigenvalue weighted by Gasteiger charge is -2.30. The molecular weight excluding hydrogens is 577 g/mol. The van der Waals surface area contributed by atoms with Crippen molar-refractivity contribution in [3.8, 4) is 23.7 Å². The van der Waals surface area contributed by atoms with Crippen LogP contribution in [0.5, 0.6) is 6.01 Å². The van der Waals surface area contributed by atoms with Crippen molar-refractivity contribution >= 4 is 22.3 Å². The van der Waals surface area contributed by atoms with Gasteiger partial charge in [0.25, 0.3) is 0 Å². The van der Waals surface area contributed by atoms with Crippen LogP contribution >= 0.6 is 11.3 Å². The number of nitrogen functional groups attached to an aromatic ring is 1. The summed E-state index contributed by atoms with van der Waals surface area (Å²) >= 11 is 1.39. The molecule has 0 unspecified atom stereocenters. The number of fused-ring (bicyclic) bond motifs is 1. The van der Waals surface area contributed by atoms with E-state index in [0.717, 1.165) is 23.3 Å².